The van der Waals surface area contributed by atoms with Crippen LogP contribution in [0.4, 0.5) is 0 Å². The van der Waals surface area contributed by atoms with Crippen LogP contribution in [0.15, 0.2) is 17.4 Å². The minimum Gasteiger partial charge on any atom is -0.383 e. The highest BCUT2D eigenvalue weighted by Crippen LogP contribution is 2.18. The molecule has 0 spiro atoms. The van der Waals surface area contributed by atoms with E-state index in [1.54, 1.807) is 19.5 Å². The molecule has 0 saturated heterocycles. The first-order chi connectivity index (χ1) is 12.5. The number of aliphatic imine (C=N–C) groups is 1. The fourth-order valence-corrected chi connectivity index (χ4v) is 3.26. The van der Waals surface area contributed by atoms with Crippen LogP contribution in [-0.2, 0) is 11.3 Å². The van der Waals surface area contributed by atoms with Gasteiger partial charge < -0.3 is 9.30 Å². The number of hydrogen-bond acceptors (Lipinski definition) is 6. The lowest BCUT2D eigenvalue weighted by molar-refractivity contribution is 0.187. The largest absolute Gasteiger partial charge is 0.383 e. The SMILES string of the molecule is COCCn1c(-c2cn3c(C)nnc3cn2)nc2c1=CC(C)(Br)C=NC=2. The molecule has 1 atom stereocenters. The molecule has 1 aliphatic heterocycles. The molecular formula is C17H18BrN7O. The summed E-state index contributed by atoms with van der Waals surface area (Å²) < 4.78 is 8.96. The highest BCUT2D eigenvalue weighted by atomic mass is 79.9. The van der Waals surface area contributed by atoms with Crippen LogP contribution in [0.3, 0.4) is 0 Å². The van der Waals surface area contributed by atoms with Crippen molar-refractivity contribution in [2.75, 3.05) is 13.7 Å². The smallest absolute Gasteiger partial charge is 0.179 e. The van der Waals surface area contributed by atoms with E-state index in [1.807, 2.05) is 30.7 Å². The number of nitrogens with zero attached hydrogens (tertiary/aromatic N) is 7. The average Bonchev–Trinajstić information content (AvgIpc) is 3.09. The molecule has 0 aromatic carbocycles. The quantitative estimate of drug-likeness (QED) is 0.585. The second kappa shape index (κ2) is 6.40. The number of hydrogen-bond donors (Lipinski definition) is 0. The van der Waals surface area contributed by atoms with Gasteiger partial charge in [-0.25, -0.2) is 9.97 Å². The number of rotatable bonds is 4. The third-order valence-electron chi connectivity index (χ3n) is 4.19. The van der Waals surface area contributed by atoms with Crippen molar-refractivity contribution in [2.24, 2.45) is 4.99 Å². The predicted octanol–water partition coefficient (Wildman–Crippen LogP) is 0.699. The van der Waals surface area contributed by atoms with Crippen LogP contribution in [0.5, 0.6) is 0 Å². The van der Waals surface area contributed by atoms with E-state index in [2.05, 4.69) is 46.7 Å². The average molecular weight is 416 g/mol. The molecular weight excluding hydrogens is 398 g/mol. The maximum atomic E-state index is 5.30. The maximum Gasteiger partial charge on any atom is 0.179 e. The number of fused-ring (bicyclic) bond motifs is 2. The van der Waals surface area contributed by atoms with E-state index in [-0.39, 0.29) is 4.32 Å². The Bertz CT molecular complexity index is 1130. The molecule has 0 saturated carbocycles. The minimum absolute atomic E-state index is 0.348. The van der Waals surface area contributed by atoms with Gasteiger partial charge in [-0.15, -0.1) is 10.2 Å². The summed E-state index contributed by atoms with van der Waals surface area (Å²) in [6.45, 7) is 5.17. The van der Waals surface area contributed by atoms with Crippen molar-refractivity contribution in [3.05, 3.63) is 28.9 Å². The molecule has 0 fully saturated rings. The van der Waals surface area contributed by atoms with Crippen LogP contribution >= 0.6 is 15.9 Å². The van der Waals surface area contributed by atoms with Gasteiger partial charge >= 0.3 is 0 Å². The van der Waals surface area contributed by atoms with E-state index in [0.29, 0.717) is 18.8 Å². The standard InChI is InChI=1S/C17H18BrN7O/c1-11-22-23-15-8-20-13(9-25(11)15)16-21-12-7-19-10-17(2,18)6-14(12)24(16)4-5-26-3/h6-10H,4-5H2,1-3H3. The first kappa shape index (κ1) is 17.0. The molecule has 4 rings (SSSR count). The van der Waals surface area contributed by atoms with Crippen LogP contribution in [0.1, 0.15) is 12.7 Å². The van der Waals surface area contributed by atoms with Crippen molar-refractivity contribution in [1.29, 1.82) is 0 Å². The summed E-state index contributed by atoms with van der Waals surface area (Å²) in [5.41, 5.74) is 1.45. The molecule has 0 amide bonds. The normalized spacial score (nSPS) is 19.1. The Balaban J connectivity index is 1.97. The Morgan fingerprint density at radius 1 is 1.31 bits per heavy atom. The molecule has 8 nitrogen and oxygen atoms in total. The van der Waals surface area contributed by atoms with Crippen molar-refractivity contribution < 1.29 is 4.74 Å². The zero-order chi connectivity index (χ0) is 18.3. The summed E-state index contributed by atoms with van der Waals surface area (Å²) in [5, 5.41) is 9.96. The fourth-order valence-electron chi connectivity index (χ4n) is 2.93. The Labute approximate surface area is 158 Å². The highest BCUT2D eigenvalue weighted by molar-refractivity contribution is 9.10. The van der Waals surface area contributed by atoms with Gasteiger partial charge in [0.1, 0.15) is 16.9 Å². The van der Waals surface area contributed by atoms with Crippen LogP contribution in [-0.4, -0.2) is 53.4 Å². The Morgan fingerprint density at radius 2 is 2.15 bits per heavy atom. The number of methoxy groups -OCH3 is 1. The van der Waals surface area contributed by atoms with E-state index in [0.717, 1.165) is 28.0 Å². The summed E-state index contributed by atoms with van der Waals surface area (Å²) in [5.74, 6) is 1.56. The van der Waals surface area contributed by atoms with Crippen LogP contribution < -0.4 is 10.7 Å². The molecule has 9 heteroatoms. The molecule has 0 aliphatic carbocycles. The molecule has 4 heterocycles. The van der Waals surface area contributed by atoms with Gasteiger partial charge in [0.05, 0.1) is 28.7 Å². The topological polar surface area (TPSA) is 82.5 Å². The first-order valence-electron chi connectivity index (χ1n) is 8.18. The molecule has 134 valence electrons. The van der Waals surface area contributed by atoms with Crippen LogP contribution in [0.25, 0.3) is 29.4 Å². The van der Waals surface area contributed by atoms with Crippen molar-refractivity contribution in [3.8, 4) is 11.5 Å². The lowest BCUT2D eigenvalue weighted by Crippen LogP contribution is -2.33. The number of aryl methyl sites for hydroxylation is 1. The second-order valence-corrected chi connectivity index (χ2v) is 8.01. The van der Waals surface area contributed by atoms with Crippen LogP contribution in [0.2, 0.25) is 0 Å². The predicted molar refractivity (Wildman–Crippen MR) is 103 cm³/mol. The van der Waals surface area contributed by atoms with Crippen molar-refractivity contribution in [1.82, 2.24) is 29.1 Å². The molecule has 3 aromatic heterocycles. The Morgan fingerprint density at radius 3 is 2.96 bits per heavy atom. The van der Waals surface area contributed by atoms with E-state index < -0.39 is 0 Å². The van der Waals surface area contributed by atoms with Gasteiger partial charge in [0.2, 0.25) is 0 Å². The van der Waals surface area contributed by atoms with Gasteiger partial charge in [0.15, 0.2) is 11.5 Å². The maximum absolute atomic E-state index is 5.30. The van der Waals surface area contributed by atoms with Crippen molar-refractivity contribution in [2.45, 2.75) is 24.7 Å². The molecule has 0 bridgehead atoms. The number of halogens is 1. The van der Waals surface area contributed by atoms with Crippen molar-refractivity contribution in [3.63, 3.8) is 0 Å². The molecule has 0 N–H and O–H groups in total. The van der Waals surface area contributed by atoms with Gasteiger partial charge in [-0.2, -0.15) is 0 Å². The van der Waals surface area contributed by atoms with Crippen molar-refractivity contribution >= 4 is 40.1 Å². The highest BCUT2D eigenvalue weighted by Gasteiger charge is 2.19. The molecule has 0 radical (unpaired) electrons. The Kier molecular flexibility index (Phi) is 4.20. The van der Waals surface area contributed by atoms with E-state index in [9.17, 15) is 0 Å². The fraction of sp³-hybridized carbons (Fsp3) is 0.353. The Hall–Kier alpha value is -2.39. The summed E-state index contributed by atoms with van der Waals surface area (Å²) >= 11 is 3.68. The molecule has 3 aromatic rings. The lowest BCUT2D eigenvalue weighted by Gasteiger charge is -2.12. The summed E-state index contributed by atoms with van der Waals surface area (Å²) in [7, 11) is 1.69. The number of aromatic nitrogens is 6. The molecule has 1 aliphatic rings. The van der Waals surface area contributed by atoms with E-state index >= 15 is 0 Å². The monoisotopic (exact) mass is 415 g/mol. The van der Waals surface area contributed by atoms with Gasteiger partial charge in [0, 0.05) is 26.1 Å². The zero-order valence-corrected chi connectivity index (χ0v) is 16.3. The van der Waals surface area contributed by atoms with Crippen LogP contribution in [0, 0.1) is 6.92 Å². The van der Waals surface area contributed by atoms with E-state index in [1.165, 1.54) is 0 Å². The number of alkyl halides is 1. The third-order valence-corrected chi connectivity index (χ3v) is 4.62. The number of ether oxygens (including phenoxy) is 1. The molecule has 1 unspecified atom stereocenters. The molecule has 26 heavy (non-hydrogen) atoms. The number of imidazole rings is 1. The summed E-state index contributed by atoms with van der Waals surface area (Å²) in [6.07, 6.45) is 9.33. The zero-order valence-electron chi connectivity index (χ0n) is 14.7. The lowest BCUT2D eigenvalue weighted by atomic mass is 10.2. The first-order valence-corrected chi connectivity index (χ1v) is 8.97. The third kappa shape index (κ3) is 2.97. The van der Waals surface area contributed by atoms with Gasteiger partial charge in [-0.1, -0.05) is 15.9 Å². The second-order valence-electron chi connectivity index (χ2n) is 6.30. The minimum atomic E-state index is -0.348. The van der Waals surface area contributed by atoms with Gasteiger partial charge in [-0.05, 0) is 19.9 Å². The van der Waals surface area contributed by atoms with Gasteiger partial charge in [-0.3, -0.25) is 9.39 Å². The summed E-state index contributed by atoms with van der Waals surface area (Å²) in [4.78, 5) is 13.7. The van der Waals surface area contributed by atoms with E-state index in [4.69, 9.17) is 9.72 Å². The van der Waals surface area contributed by atoms with Gasteiger partial charge in [0.25, 0.3) is 0 Å². The summed E-state index contributed by atoms with van der Waals surface area (Å²) in [6, 6.07) is 0.